The molecule has 0 aliphatic carbocycles. The van der Waals surface area contributed by atoms with Gasteiger partial charge in [0, 0.05) is 12.3 Å². The highest BCUT2D eigenvalue weighted by Crippen LogP contribution is 2.36. The summed E-state index contributed by atoms with van der Waals surface area (Å²) in [5, 5.41) is 44.4. The average Bonchev–Trinajstić information content (AvgIpc) is 3.02. The summed E-state index contributed by atoms with van der Waals surface area (Å²) < 4.78 is 31.4. The molecule has 0 saturated carbocycles. The van der Waals surface area contributed by atoms with Gasteiger partial charge in [-0.25, -0.2) is 0 Å². The van der Waals surface area contributed by atoms with E-state index in [2.05, 4.69) is 25.9 Å². The fourth-order valence-corrected chi connectivity index (χ4v) is 2.09. The van der Waals surface area contributed by atoms with Crippen LogP contribution in [0.2, 0.25) is 0 Å². The first-order valence-electron chi connectivity index (χ1n) is 5.83. The van der Waals surface area contributed by atoms with Gasteiger partial charge in [-0.05, 0) is 11.3 Å². The third-order valence-corrected chi connectivity index (χ3v) is 3.47. The molecule has 14 heteroatoms. The Kier molecular flexibility index (Phi) is 4.39. The zero-order valence-electron chi connectivity index (χ0n) is 11.4. The quantitative estimate of drug-likeness (QED) is 0.185. The van der Waals surface area contributed by atoms with Crippen molar-refractivity contribution in [2.75, 3.05) is 5.32 Å². The van der Waals surface area contributed by atoms with Crippen LogP contribution in [-0.2, 0) is 10.1 Å². The zero-order valence-corrected chi connectivity index (χ0v) is 12.2. The van der Waals surface area contributed by atoms with Crippen molar-refractivity contribution in [1.82, 2.24) is 20.6 Å². The average molecular weight is 353 g/mol. The highest BCUT2D eigenvalue weighted by molar-refractivity contribution is 7.85. The molecule has 1 aromatic carbocycles. The van der Waals surface area contributed by atoms with Crippen LogP contribution in [0.15, 0.2) is 23.2 Å². The lowest BCUT2D eigenvalue weighted by Crippen LogP contribution is -2.02. The highest BCUT2D eigenvalue weighted by Gasteiger charge is 2.23. The number of aromatic hydroxyl groups is 1. The maximum atomic E-state index is 11.2. The van der Waals surface area contributed by atoms with Crippen LogP contribution in [0.3, 0.4) is 0 Å². The SMILES string of the molecule is N#CC(=CNc1cc(S(=O)(=O)O)cc([N+](=O)[O-])c1O)c1nn[nH]n1. The Balaban J connectivity index is 2.52. The van der Waals surface area contributed by atoms with E-state index in [-0.39, 0.29) is 11.4 Å². The van der Waals surface area contributed by atoms with Gasteiger partial charge < -0.3 is 10.4 Å². The number of nitro groups is 1. The van der Waals surface area contributed by atoms with Crippen LogP contribution in [-0.4, -0.2) is 43.6 Å². The van der Waals surface area contributed by atoms with Crippen molar-refractivity contribution in [3.8, 4) is 11.8 Å². The van der Waals surface area contributed by atoms with Crippen molar-refractivity contribution >= 4 is 27.1 Å². The molecule has 0 saturated heterocycles. The number of nitriles is 1. The first-order valence-corrected chi connectivity index (χ1v) is 7.27. The van der Waals surface area contributed by atoms with Gasteiger partial charge in [-0.2, -0.15) is 18.9 Å². The summed E-state index contributed by atoms with van der Waals surface area (Å²) in [5.74, 6) is -1.00. The van der Waals surface area contributed by atoms with Crippen molar-refractivity contribution in [3.63, 3.8) is 0 Å². The number of H-pyrrole nitrogens is 1. The molecule has 0 amide bonds. The minimum atomic E-state index is -4.77. The predicted octanol–water partition coefficient (Wildman–Crippen LogP) is 0.0368. The van der Waals surface area contributed by atoms with Gasteiger partial charge >= 0.3 is 5.69 Å². The maximum absolute atomic E-state index is 11.2. The number of phenolic OH excluding ortho intramolecular Hbond substituents is 1. The molecule has 0 aliphatic rings. The lowest BCUT2D eigenvalue weighted by molar-refractivity contribution is -0.386. The third-order valence-electron chi connectivity index (χ3n) is 2.64. The molecule has 0 bridgehead atoms. The molecule has 0 atom stereocenters. The summed E-state index contributed by atoms with van der Waals surface area (Å²) in [6, 6.07) is 2.95. The first kappa shape index (κ1) is 16.8. The van der Waals surface area contributed by atoms with E-state index in [1.54, 1.807) is 6.07 Å². The minimum absolute atomic E-state index is 0.107. The number of tetrazole rings is 1. The number of hydrogen-bond donors (Lipinski definition) is 4. The van der Waals surface area contributed by atoms with E-state index in [1.807, 2.05) is 0 Å². The van der Waals surface area contributed by atoms with Gasteiger partial charge in [0.15, 0.2) is 0 Å². The van der Waals surface area contributed by atoms with Crippen LogP contribution < -0.4 is 5.32 Å². The van der Waals surface area contributed by atoms with Crippen molar-refractivity contribution in [3.05, 3.63) is 34.3 Å². The molecule has 13 nitrogen and oxygen atoms in total. The Morgan fingerprint density at radius 2 is 2.21 bits per heavy atom. The molecule has 124 valence electrons. The molecular formula is C10H7N7O6S. The van der Waals surface area contributed by atoms with Crippen LogP contribution >= 0.6 is 0 Å². The summed E-state index contributed by atoms with van der Waals surface area (Å²) in [7, 11) is -4.77. The van der Waals surface area contributed by atoms with Gasteiger partial charge in [0.25, 0.3) is 10.1 Å². The van der Waals surface area contributed by atoms with Crippen LogP contribution in [0.25, 0.3) is 5.57 Å². The first-order chi connectivity index (χ1) is 11.2. The van der Waals surface area contributed by atoms with Gasteiger partial charge in [-0.15, -0.1) is 10.2 Å². The second-order valence-electron chi connectivity index (χ2n) is 4.12. The van der Waals surface area contributed by atoms with Crippen molar-refractivity contribution in [2.24, 2.45) is 0 Å². The van der Waals surface area contributed by atoms with E-state index >= 15 is 0 Å². The number of benzene rings is 1. The predicted molar refractivity (Wildman–Crippen MR) is 76.0 cm³/mol. The van der Waals surface area contributed by atoms with Crippen LogP contribution in [0.5, 0.6) is 5.75 Å². The fraction of sp³-hybridized carbons (Fsp3) is 0. The van der Waals surface area contributed by atoms with Gasteiger partial charge in [-0.3, -0.25) is 14.7 Å². The molecule has 0 radical (unpaired) electrons. The molecule has 0 fully saturated rings. The summed E-state index contributed by atoms with van der Waals surface area (Å²) in [5.41, 5.74) is -1.56. The van der Waals surface area contributed by atoms with Crippen LogP contribution in [0.4, 0.5) is 11.4 Å². The molecule has 0 unspecified atom stereocenters. The number of nitro benzene ring substituents is 1. The Morgan fingerprint density at radius 1 is 1.50 bits per heavy atom. The molecule has 0 spiro atoms. The summed E-state index contributed by atoms with van der Waals surface area (Å²) in [4.78, 5) is 9.02. The van der Waals surface area contributed by atoms with Gasteiger partial charge in [0.1, 0.15) is 16.5 Å². The number of nitrogens with one attached hydrogen (secondary N) is 2. The lowest BCUT2D eigenvalue weighted by Gasteiger charge is -2.07. The van der Waals surface area contributed by atoms with E-state index < -0.39 is 37.1 Å². The Morgan fingerprint density at radius 3 is 2.71 bits per heavy atom. The monoisotopic (exact) mass is 353 g/mol. The normalized spacial score (nSPS) is 11.8. The van der Waals surface area contributed by atoms with E-state index in [0.29, 0.717) is 6.07 Å². The Hall–Kier alpha value is -3.57. The largest absolute Gasteiger partial charge is 0.501 e. The molecule has 1 aromatic heterocycles. The maximum Gasteiger partial charge on any atom is 0.314 e. The van der Waals surface area contributed by atoms with Gasteiger partial charge in [-0.1, -0.05) is 0 Å². The smallest absolute Gasteiger partial charge is 0.314 e. The summed E-state index contributed by atoms with van der Waals surface area (Å²) >= 11 is 0. The highest BCUT2D eigenvalue weighted by atomic mass is 32.2. The number of anilines is 1. The van der Waals surface area contributed by atoms with Crippen molar-refractivity contribution in [1.29, 1.82) is 5.26 Å². The van der Waals surface area contributed by atoms with E-state index in [9.17, 15) is 23.6 Å². The minimum Gasteiger partial charge on any atom is -0.501 e. The van der Waals surface area contributed by atoms with E-state index in [4.69, 9.17) is 9.81 Å². The van der Waals surface area contributed by atoms with Gasteiger partial charge in [0.05, 0.1) is 10.6 Å². The molecule has 24 heavy (non-hydrogen) atoms. The van der Waals surface area contributed by atoms with Gasteiger partial charge in [0.2, 0.25) is 11.6 Å². The fourth-order valence-electron chi connectivity index (χ4n) is 1.56. The number of aromatic nitrogens is 4. The van der Waals surface area contributed by atoms with Crippen molar-refractivity contribution < 1.29 is 23.0 Å². The molecular weight excluding hydrogens is 346 g/mol. The van der Waals surface area contributed by atoms with Crippen molar-refractivity contribution in [2.45, 2.75) is 4.90 Å². The second-order valence-corrected chi connectivity index (χ2v) is 5.54. The standard InChI is InChI=1S/C10H7N7O6S/c11-3-5(10-13-15-16-14-10)4-12-7-1-6(24(21,22)23)2-8(9(7)18)17(19)20/h1-2,4,12,18H,(H,21,22,23)(H,13,14,15,16). The summed E-state index contributed by atoms with van der Waals surface area (Å²) in [6.07, 6.45) is 0.970. The Bertz CT molecular complexity index is 960. The molecule has 2 aromatic rings. The van der Waals surface area contributed by atoms with E-state index in [0.717, 1.165) is 12.3 Å². The topological polar surface area (TPSA) is 208 Å². The second kappa shape index (κ2) is 6.28. The molecule has 1 heterocycles. The third kappa shape index (κ3) is 3.43. The van der Waals surface area contributed by atoms with Crippen LogP contribution in [0, 0.1) is 21.4 Å². The molecule has 2 rings (SSSR count). The number of phenols is 1. The van der Waals surface area contributed by atoms with Crippen LogP contribution in [0.1, 0.15) is 5.82 Å². The number of allylic oxidation sites excluding steroid dienone is 1. The number of hydrogen-bond acceptors (Lipinski definition) is 10. The number of nitrogens with zero attached hydrogens (tertiary/aromatic N) is 5. The number of aromatic amines is 1. The molecule has 4 N–H and O–H groups in total. The summed E-state index contributed by atoms with van der Waals surface area (Å²) in [6.45, 7) is 0. The zero-order chi connectivity index (χ0) is 17.9. The number of rotatable bonds is 5. The van der Waals surface area contributed by atoms with E-state index in [1.165, 1.54) is 0 Å². The Labute approximate surface area is 133 Å². The molecule has 0 aliphatic heterocycles. The lowest BCUT2D eigenvalue weighted by atomic mass is 10.2.